The first-order valence-electron chi connectivity index (χ1n) is 4.90. The molecular formula is C9H12N4O3. The van der Waals surface area contributed by atoms with Crippen molar-refractivity contribution in [2.45, 2.75) is 13.0 Å². The predicted octanol–water partition coefficient (Wildman–Crippen LogP) is -1.19. The molecule has 2 N–H and O–H groups in total. The molecular weight excluding hydrogens is 212 g/mol. The van der Waals surface area contributed by atoms with E-state index in [0.717, 1.165) is 4.57 Å². The van der Waals surface area contributed by atoms with Crippen molar-refractivity contribution in [1.29, 1.82) is 0 Å². The number of aromatic amines is 1. The minimum atomic E-state index is -0.418. The molecule has 2 heterocycles. The molecule has 0 aliphatic heterocycles. The third-order valence-corrected chi connectivity index (χ3v) is 2.45. The molecule has 7 heteroatoms. The first kappa shape index (κ1) is 10.6. The number of aliphatic hydroxyl groups is 1. The van der Waals surface area contributed by atoms with E-state index in [0.29, 0.717) is 17.6 Å². The molecule has 0 unspecified atom stereocenters. The van der Waals surface area contributed by atoms with Crippen LogP contribution in [0.2, 0.25) is 0 Å². The molecule has 2 aromatic heterocycles. The van der Waals surface area contributed by atoms with Crippen molar-refractivity contribution in [2.75, 3.05) is 6.61 Å². The van der Waals surface area contributed by atoms with Crippen LogP contribution in [0.15, 0.2) is 15.9 Å². The molecule has 0 fully saturated rings. The molecule has 7 nitrogen and oxygen atoms in total. The highest BCUT2D eigenvalue weighted by Crippen LogP contribution is 1.98. The number of imidazole rings is 1. The van der Waals surface area contributed by atoms with E-state index in [4.69, 9.17) is 5.11 Å². The van der Waals surface area contributed by atoms with Gasteiger partial charge in [-0.2, -0.15) is 0 Å². The van der Waals surface area contributed by atoms with Crippen LogP contribution in [0.25, 0.3) is 11.2 Å². The fourth-order valence-corrected chi connectivity index (χ4v) is 1.62. The van der Waals surface area contributed by atoms with Gasteiger partial charge in [0.15, 0.2) is 5.65 Å². The minimum absolute atomic E-state index is 0.0589. The zero-order chi connectivity index (χ0) is 11.7. The van der Waals surface area contributed by atoms with E-state index in [9.17, 15) is 9.59 Å². The van der Waals surface area contributed by atoms with Gasteiger partial charge >= 0.3 is 5.69 Å². The van der Waals surface area contributed by atoms with Crippen LogP contribution in [0, 0.1) is 0 Å². The van der Waals surface area contributed by atoms with Crippen LogP contribution >= 0.6 is 0 Å². The average Bonchev–Trinajstić information content (AvgIpc) is 2.75. The number of H-pyrrole nitrogens is 1. The third kappa shape index (κ3) is 1.45. The van der Waals surface area contributed by atoms with E-state index in [1.165, 1.54) is 10.9 Å². The Morgan fingerprint density at radius 2 is 2.25 bits per heavy atom. The summed E-state index contributed by atoms with van der Waals surface area (Å²) in [6, 6.07) is 0. The number of hydrogen-bond donors (Lipinski definition) is 2. The lowest BCUT2D eigenvalue weighted by molar-refractivity contribution is 0.277. The Bertz CT molecular complexity index is 622. The van der Waals surface area contributed by atoms with Gasteiger partial charge in [0.1, 0.15) is 5.52 Å². The van der Waals surface area contributed by atoms with Crippen molar-refractivity contribution < 1.29 is 5.11 Å². The lowest BCUT2D eigenvalue weighted by Crippen LogP contribution is -2.39. The summed E-state index contributed by atoms with van der Waals surface area (Å²) in [5.41, 5.74) is -0.169. The van der Waals surface area contributed by atoms with Gasteiger partial charge < -0.3 is 10.1 Å². The van der Waals surface area contributed by atoms with E-state index in [-0.39, 0.29) is 13.2 Å². The summed E-state index contributed by atoms with van der Waals surface area (Å²) < 4.78 is 2.40. The summed E-state index contributed by atoms with van der Waals surface area (Å²) >= 11 is 0. The van der Waals surface area contributed by atoms with Gasteiger partial charge in [0.05, 0.1) is 6.33 Å². The number of fused-ring (bicyclic) bond motifs is 1. The third-order valence-electron chi connectivity index (χ3n) is 2.45. The maximum Gasteiger partial charge on any atom is 0.332 e. The summed E-state index contributed by atoms with van der Waals surface area (Å²) in [4.78, 5) is 30.3. The molecule has 0 atom stereocenters. The van der Waals surface area contributed by atoms with Crippen LogP contribution in [0.3, 0.4) is 0 Å². The molecule has 0 aromatic carbocycles. The molecule has 0 radical (unpaired) electrons. The van der Waals surface area contributed by atoms with Gasteiger partial charge in [-0.25, -0.2) is 9.78 Å². The molecule has 0 aliphatic carbocycles. The topological polar surface area (TPSA) is 92.9 Å². The van der Waals surface area contributed by atoms with E-state index in [2.05, 4.69) is 9.97 Å². The smallest absolute Gasteiger partial charge is 0.332 e. The fourth-order valence-electron chi connectivity index (χ4n) is 1.62. The number of aromatic nitrogens is 4. The molecule has 0 saturated heterocycles. The fraction of sp³-hybridized carbons (Fsp3) is 0.444. The van der Waals surface area contributed by atoms with Crippen LogP contribution < -0.4 is 11.2 Å². The highest BCUT2D eigenvalue weighted by atomic mass is 16.3. The minimum Gasteiger partial charge on any atom is -0.396 e. The van der Waals surface area contributed by atoms with Crippen molar-refractivity contribution in [3.05, 3.63) is 27.2 Å². The number of aryl methyl sites for hydroxylation is 1. The molecule has 2 aromatic rings. The SMILES string of the molecule is Cn1c(=O)n(CCCO)c(=O)c2[nH]cnc21. The predicted molar refractivity (Wildman–Crippen MR) is 57.3 cm³/mol. The normalized spacial score (nSPS) is 11.1. The zero-order valence-corrected chi connectivity index (χ0v) is 8.80. The maximum atomic E-state index is 11.9. The largest absolute Gasteiger partial charge is 0.396 e. The lowest BCUT2D eigenvalue weighted by Gasteiger charge is -2.06. The number of nitrogens with zero attached hydrogens (tertiary/aromatic N) is 3. The molecule has 0 aliphatic rings. The van der Waals surface area contributed by atoms with Crippen LogP contribution in [0.4, 0.5) is 0 Å². The van der Waals surface area contributed by atoms with Crippen LogP contribution in [0.5, 0.6) is 0 Å². The standard InChI is InChI=1S/C9H12N4O3/c1-12-7-6(10-5-11-7)8(15)13(9(12)16)3-2-4-14/h5,14H,2-4H2,1H3,(H,10,11). The monoisotopic (exact) mass is 224 g/mol. The second-order valence-electron chi connectivity index (χ2n) is 3.48. The van der Waals surface area contributed by atoms with Gasteiger partial charge in [-0.3, -0.25) is 13.9 Å². The lowest BCUT2D eigenvalue weighted by atomic mass is 10.4. The zero-order valence-electron chi connectivity index (χ0n) is 8.80. The molecule has 0 spiro atoms. The summed E-state index contributed by atoms with van der Waals surface area (Å²) in [6.07, 6.45) is 1.75. The number of aliphatic hydroxyl groups excluding tert-OH is 1. The van der Waals surface area contributed by atoms with Crippen molar-refractivity contribution in [2.24, 2.45) is 7.05 Å². The van der Waals surface area contributed by atoms with Crippen LogP contribution in [-0.4, -0.2) is 30.8 Å². The molecule has 0 bridgehead atoms. The number of hydrogen-bond acceptors (Lipinski definition) is 4. The Kier molecular flexibility index (Phi) is 2.61. The second-order valence-corrected chi connectivity index (χ2v) is 3.48. The first-order valence-corrected chi connectivity index (χ1v) is 4.90. The van der Waals surface area contributed by atoms with Crippen molar-refractivity contribution in [3.63, 3.8) is 0 Å². The quantitative estimate of drug-likeness (QED) is 0.685. The molecule has 0 saturated carbocycles. The highest BCUT2D eigenvalue weighted by molar-refractivity contribution is 5.68. The summed E-state index contributed by atoms with van der Waals surface area (Å²) in [6.45, 7) is 0.146. The van der Waals surface area contributed by atoms with Gasteiger partial charge in [0.25, 0.3) is 5.56 Å². The molecule has 16 heavy (non-hydrogen) atoms. The average molecular weight is 224 g/mol. The molecule has 86 valence electrons. The second kappa shape index (κ2) is 3.93. The Morgan fingerprint density at radius 1 is 1.50 bits per heavy atom. The van der Waals surface area contributed by atoms with Gasteiger partial charge in [-0.1, -0.05) is 0 Å². The Balaban J connectivity index is 2.73. The van der Waals surface area contributed by atoms with E-state index < -0.39 is 11.2 Å². The van der Waals surface area contributed by atoms with Gasteiger partial charge in [-0.05, 0) is 6.42 Å². The van der Waals surface area contributed by atoms with Gasteiger partial charge in [0, 0.05) is 20.2 Å². The van der Waals surface area contributed by atoms with Crippen LogP contribution in [-0.2, 0) is 13.6 Å². The van der Waals surface area contributed by atoms with Crippen molar-refractivity contribution in [3.8, 4) is 0 Å². The van der Waals surface area contributed by atoms with Crippen LogP contribution in [0.1, 0.15) is 6.42 Å². The Hall–Kier alpha value is -1.89. The molecule has 0 amide bonds. The van der Waals surface area contributed by atoms with E-state index in [1.54, 1.807) is 7.05 Å². The van der Waals surface area contributed by atoms with E-state index in [1.807, 2.05) is 0 Å². The van der Waals surface area contributed by atoms with E-state index >= 15 is 0 Å². The number of nitrogens with one attached hydrogen (secondary N) is 1. The first-order chi connectivity index (χ1) is 7.66. The number of rotatable bonds is 3. The summed E-state index contributed by atoms with van der Waals surface area (Å²) in [5, 5.41) is 8.71. The maximum absolute atomic E-state index is 11.9. The van der Waals surface area contributed by atoms with Gasteiger partial charge in [-0.15, -0.1) is 0 Å². The Morgan fingerprint density at radius 3 is 2.94 bits per heavy atom. The Labute approximate surface area is 90.0 Å². The van der Waals surface area contributed by atoms with Crippen molar-refractivity contribution >= 4 is 11.2 Å². The summed E-state index contributed by atoms with van der Waals surface area (Å²) in [7, 11) is 1.56. The van der Waals surface area contributed by atoms with Gasteiger partial charge in [0.2, 0.25) is 0 Å². The molecule has 2 rings (SSSR count). The van der Waals surface area contributed by atoms with Crippen molar-refractivity contribution in [1.82, 2.24) is 19.1 Å². The highest BCUT2D eigenvalue weighted by Gasteiger charge is 2.11. The summed E-state index contributed by atoms with van der Waals surface area (Å²) in [5.74, 6) is 0.